The lowest BCUT2D eigenvalue weighted by molar-refractivity contribution is 0.457. The Hall–Kier alpha value is 0.310. The van der Waals surface area contributed by atoms with Gasteiger partial charge in [-0.3, -0.25) is 0 Å². The Balaban J connectivity index is 2.29. The van der Waals surface area contributed by atoms with Gasteiger partial charge in [0.25, 0.3) is 0 Å². The van der Waals surface area contributed by atoms with Crippen LogP contribution >= 0.6 is 11.8 Å². The maximum absolute atomic E-state index is 3.62. The molecule has 0 saturated heterocycles. The van der Waals surface area contributed by atoms with E-state index < -0.39 is 0 Å². The fraction of sp³-hybridized carbons (Fsp3) is 1.00. The average Bonchev–Trinajstić information content (AvgIpc) is 2.32. The van der Waals surface area contributed by atoms with E-state index in [1.807, 2.05) is 11.8 Å². The Morgan fingerprint density at radius 3 is 2.00 bits per heavy atom. The van der Waals surface area contributed by atoms with Crippen LogP contribution in [0.15, 0.2) is 0 Å². The van der Waals surface area contributed by atoms with E-state index in [1.165, 1.54) is 5.75 Å². The molecule has 0 atom stereocenters. The van der Waals surface area contributed by atoms with Crippen molar-refractivity contribution in [1.82, 2.24) is 5.32 Å². The fourth-order valence-electron chi connectivity index (χ4n) is 2.01. The molecule has 1 rings (SSSR count). The van der Waals surface area contributed by atoms with Crippen LogP contribution in [0.25, 0.3) is 0 Å². The minimum Gasteiger partial charge on any atom is -0.312 e. The van der Waals surface area contributed by atoms with Crippen LogP contribution in [0.2, 0.25) is 0 Å². The van der Waals surface area contributed by atoms with Gasteiger partial charge in [0.15, 0.2) is 0 Å². The van der Waals surface area contributed by atoms with Crippen molar-refractivity contribution in [3.63, 3.8) is 0 Å². The molecule has 0 heterocycles. The van der Waals surface area contributed by atoms with E-state index in [1.54, 1.807) is 0 Å². The summed E-state index contributed by atoms with van der Waals surface area (Å²) in [5, 5.41) is 3.62. The van der Waals surface area contributed by atoms with E-state index in [0.29, 0.717) is 10.8 Å². The molecule has 0 spiro atoms. The molecule has 0 aromatic carbocycles. The van der Waals surface area contributed by atoms with Crippen molar-refractivity contribution in [3.05, 3.63) is 0 Å². The minimum atomic E-state index is 0.491. The lowest BCUT2D eigenvalue weighted by Gasteiger charge is -2.04. The standard InChI is InChI=1S/C10H21NS/c1-9(2)8(10(9,3)4)11-6-7-12-5/h8,11H,6-7H2,1-5H3. The lowest BCUT2D eigenvalue weighted by Crippen LogP contribution is -2.24. The van der Waals surface area contributed by atoms with E-state index in [-0.39, 0.29) is 0 Å². The SMILES string of the molecule is CSCCNC1C(C)(C)C1(C)C. The molecule has 1 fully saturated rings. The van der Waals surface area contributed by atoms with Crippen LogP contribution < -0.4 is 5.32 Å². The van der Waals surface area contributed by atoms with Crippen molar-refractivity contribution in [2.45, 2.75) is 33.7 Å². The van der Waals surface area contributed by atoms with Crippen LogP contribution in [0.1, 0.15) is 27.7 Å². The third-order valence-electron chi connectivity index (χ3n) is 3.68. The second-order valence-electron chi connectivity index (χ2n) is 4.82. The zero-order valence-electron chi connectivity index (χ0n) is 8.90. The van der Waals surface area contributed by atoms with Crippen LogP contribution in [-0.2, 0) is 0 Å². The summed E-state index contributed by atoms with van der Waals surface area (Å²) in [7, 11) is 0. The third-order valence-corrected chi connectivity index (χ3v) is 4.29. The van der Waals surface area contributed by atoms with E-state index in [2.05, 4.69) is 39.3 Å². The van der Waals surface area contributed by atoms with Gasteiger partial charge in [0, 0.05) is 18.3 Å². The highest BCUT2D eigenvalue weighted by molar-refractivity contribution is 7.98. The average molecular weight is 187 g/mol. The molecule has 0 aromatic rings. The third kappa shape index (κ3) is 1.51. The molecule has 0 aromatic heterocycles. The van der Waals surface area contributed by atoms with Crippen molar-refractivity contribution in [1.29, 1.82) is 0 Å². The van der Waals surface area contributed by atoms with Gasteiger partial charge in [0.1, 0.15) is 0 Å². The molecule has 12 heavy (non-hydrogen) atoms. The maximum atomic E-state index is 3.62. The Bertz CT molecular complexity index is 149. The molecule has 0 bridgehead atoms. The molecule has 1 aliphatic rings. The van der Waals surface area contributed by atoms with Gasteiger partial charge in [-0.05, 0) is 17.1 Å². The van der Waals surface area contributed by atoms with Gasteiger partial charge in [-0.2, -0.15) is 11.8 Å². The zero-order valence-corrected chi connectivity index (χ0v) is 9.72. The largest absolute Gasteiger partial charge is 0.312 e. The Labute approximate surface area is 80.7 Å². The van der Waals surface area contributed by atoms with Gasteiger partial charge >= 0.3 is 0 Å². The quantitative estimate of drug-likeness (QED) is 0.678. The normalized spacial score (nSPS) is 25.8. The van der Waals surface area contributed by atoms with E-state index >= 15 is 0 Å². The van der Waals surface area contributed by atoms with Crippen LogP contribution in [0, 0.1) is 10.8 Å². The van der Waals surface area contributed by atoms with E-state index in [0.717, 1.165) is 12.6 Å². The summed E-state index contributed by atoms with van der Waals surface area (Å²) >= 11 is 1.91. The minimum absolute atomic E-state index is 0.491. The predicted octanol–water partition coefficient (Wildman–Crippen LogP) is 2.37. The van der Waals surface area contributed by atoms with Crippen molar-refractivity contribution >= 4 is 11.8 Å². The number of thioether (sulfide) groups is 1. The smallest absolute Gasteiger partial charge is 0.0181 e. The molecule has 0 unspecified atom stereocenters. The molecule has 0 amide bonds. The molecule has 2 heteroatoms. The van der Waals surface area contributed by atoms with Crippen molar-refractivity contribution in [3.8, 4) is 0 Å². The summed E-state index contributed by atoms with van der Waals surface area (Å²) in [6.45, 7) is 10.6. The molecular weight excluding hydrogens is 166 g/mol. The Morgan fingerprint density at radius 1 is 1.17 bits per heavy atom. The molecule has 1 N–H and O–H groups in total. The topological polar surface area (TPSA) is 12.0 Å². The zero-order chi connectivity index (χ0) is 9.41. The first kappa shape index (κ1) is 10.4. The Kier molecular flexibility index (Phi) is 2.79. The van der Waals surface area contributed by atoms with Gasteiger partial charge in [0.2, 0.25) is 0 Å². The molecule has 1 nitrogen and oxygen atoms in total. The van der Waals surface area contributed by atoms with Crippen molar-refractivity contribution in [2.75, 3.05) is 18.6 Å². The molecule has 72 valence electrons. The highest BCUT2D eigenvalue weighted by Gasteiger charge is 2.64. The lowest BCUT2D eigenvalue weighted by atomic mass is 10.0. The summed E-state index contributed by atoms with van der Waals surface area (Å²) < 4.78 is 0. The summed E-state index contributed by atoms with van der Waals surface area (Å²) in [6.07, 6.45) is 2.16. The second-order valence-corrected chi connectivity index (χ2v) is 5.81. The first-order valence-electron chi connectivity index (χ1n) is 4.67. The molecule has 1 aliphatic carbocycles. The van der Waals surface area contributed by atoms with Gasteiger partial charge in [-0.25, -0.2) is 0 Å². The van der Waals surface area contributed by atoms with Gasteiger partial charge in [-0.15, -0.1) is 0 Å². The maximum Gasteiger partial charge on any atom is 0.0181 e. The van der Waals surface area contributed by atoms with Crippen LogP contribution in [0.4, 0.5) is 0 Å². The number of nitrogens with one attached hydrogen (secondary N) is 1. The first-order valence-corrected chi connectivity index (χ1v) is 6.06. The summed E-state index contributed by atoms with van der Waals surface area (Å²) in [6, 6.07) is 0.720. The summed E-state index contributed by atoms with van der Waals surface area (Å²) in [4.78, 5) is 0. The van der Waals surface area contributed by atoms with Gasteiger partial charge in [-0.1, -0.05) is 27.7 Å². The van der Waals surface area contributed by atoms with Crippen LogP contribution in [0.5, 0.6) is 0 Å². The summed E-state index contributed by atoms with van der Waals surface area (Å²) in [5.74, 6) is 1.22. The highest BCUT2D eigenvalue weighted by Crippen LogP contribution is 2.62. The van der Waals surface area contributed by atoms with Crippen molar-refractivity contribution in [2.24, 2.45) is 10.8 Å². The predicted molar refractivity (Wildman–Crippen MR) is 57.7 cm³/mol. The van der Waals surface area contributed by atoms with E-state index in [4.69, 9.17) is 0 Å². The molecule has 1 saturated carbocycles. The number of rotatable bonds is 4. The molecular formula is C10H21NS. The Morgan fingerprint density at radius 2 is 1.67 bits per heavy atom. The number of hydrogen-bond donors (Lipinski definition) is 1. The fourth-order valence-corrected chi connectivity index (χ4v) is 2.33. The molecule has 0 radical (unpaired) electrons. The second kappa shape index (κ2) is 3.22. The van der Waals surface area contributed by atoms with Gasteiger partial charge in [0.05, 0.1) is 0 Å². The van der Waals surface area contributed by atoms with Crippen LogP contribution in [-0.4, -0.2) is 24.6 Å². The van der Waals surface area contributed by atoms with Crippen molar-refractivity contribution < 1.29 is 0 Å². The number of hydrogen-bond acceptors (Lipinski definition) is 2. The van der Waals surface area contributed by atoms with Gasteiger partial charge < -0.3 is 5.32 Å². The monoisotopic (exact) mass is 187 g/mol. The molecule has 0 aliphatic heterocycles. The van der Waals surface area contributed by atoms with E-state index in [9.17, 15) is 0 Å². The van der Waals surface area contributed by atoms with Crippen LogP contribution in [0.3, 0.4) is 0 Å². The highest BCUT2D eigenvalue weighted by atomic mass is 32.2. The first-order chi connectivity index (χ1) is 5.44. The summed E-state index contributed by atoms with van der Waals surface area (Å²) in [5.41, 5.74) is 0.983.